The third kappa shape index (κ3) is 5.81. The summed E-state index contributed by atoms with van der Waals surface area (Å²) in [5, 5.41) is 7.56. The molecule has 1 amide bonds. The standard InChI is InChI=1S/C23H22Cl2N2O5/c1-13(17-9-8-16(24)10-20(17)25)26-22(28)12-31-23(29)18-6-4-5-7-21(18)30-11-19-14(2)27-32-15(19)3/h4-10,13H,11-12H2,1-3H3,(H,26,28). The van der Waals surface area contributed by atoms with Crippen molar-refractivity contribution in [2.45, 2.75) is 33.4 Å². The molecule has 0 bridgehead atoms. The number of aromatic nitrogens is 1. The molecular weight excluding hydrogens is 455 g/mol. The highest BCUT2D eigenvalue weighted by molar-refractivity contribution is 6.35. The first-order valence-electron chi connectivity index (χ1n) is 9.81. The molecule has 0 saturated carbocycles. The zero-order chi connectivity index (χ0) is 23.3. The minimum atomic E-state index is -0.674. The normalized spacial score (nSPS) is 11.7. The Hall–Kier alpha value is -3.03. The molecule has 3 aromatic rings. The molecule has 1 heterocycles. The summed E-state index contributed by atoms with van der Waals surface area (Å²) in [5.41, 5.74) is 2.44. The van der Waals surface area contributed by atoms with Crippen LogP contribution >= 0.6 is 23.2 Å². The van der Waals surface area contributed by atoms with E-state index in [1.807, 2.05) is 6.92 Å². The zero-order valence-corrected chi connectivity index (χ0v) is 19.3. The molecule has 1 N–H and O–H groups in total. The van der Waals surface area contributed by atoms with E-state index >= 15 is 0 Å². The van der Waals surface area contributed by atoms with Crippen LogP contribution < -0.4 is 10.1 Å². The van der Waals surface area contributed by atoms with Gasteiger partial charge in [0.05, 0.1) is 17.3 Å². The molecule has 0 fully saturated rings. The van der Waals surface area contributed by atoms with Gasteiger partial charge in [0.25, 0.3) is 5.91 Å². The van der Waals surface area contributed by atoms with E-state index in [1.165, 1.54) is 0 Å². The summed E-state index contributed by atoms with van der Waals surface area (Å²) in [7, 11) is 0. The fourth-order valence-corrected chi connectivity index (χ4v) is 3.61. The Morgan fingerprint density at radius 2 is 1.91 bits per heavy atom. The van der Waals surface area contributed by atoms with Crippen LogP contribution in [0.3, 0.4) is 0 Å². The molecule has 1 unspecified atom stereocenters. The number of nitrogens with zero attached hydrogens (tertiary/aromatic N) is 1. The van der Waals surface area contributed by atoms with Gasteiger partial charge in [-0.15, -0.1) is 0 Å². The second-order valence-electron chi connectivity index (χ2n) is 7.12. The number of hydrogen-bond donors (Lipinski definition) is 1. The minimum Gasteiger partial charge on any atom is -0.488 e. The number of carbonyl (C=O) groups is 2. The van der Waals surface area contributed by atoms with E-state index < -0.39 is 24.5 Å². The number of hydrogen-bond acceptors (Lipinski definition) is 6. The van der Waals surface area contributed by atoms with Crippen LogP contribution in [-0.2, 0) is 16.1 Å². The second-order valence-corrected chi connectivity index (χ2v) is 7.96. The lowest BCUT2D eigenvalue weighted by Crippen LogP contribution is -2.31. The molecular formula is C23H22Cl2N2O5. The Balaban J connectivity index is 1.58. The van der Waals surface area contributed by atoms with Crippen molar-refractivity contribution in [1.29, 1.82) is 0 Å². The summed E-state index contributed by atoms with van der Waals surface area (Å²) >= 11 is 12.1. The largest absolute Gasteiger partial charge is 0.488 e. The highest BCUT2D eigenvalue weighted by Crippen LogP contribution is 2.26. The van der Waals surface area contributed by atoms with Gasteiger partial charge in [-0.05, 0) is 50.6 Å². The average Bonchev–Trinajstić information content (AvgIpc) is 3.08. The lowest BCUT2D eigenvalue weighted by atomic mass is 10.1. The molecule has 1 atom stereocenters. The van der Waals surface area contributed by atoms with Crippen molar-refractivity contribution < 1.29 is 23.6 Å². The molecule has 0 aliphatic rings. The predicted octanol–water partition coefficient (Wildman–Crippen LogP) is 5.21. The molecule has 7 nitrogen and oxygen atoms in total. The summed E-state index contributed by atoms with van der Waals surface area (Å²) in [5.74, 6) is -0.161. The summed E-state index contributed by atoms with van der Waals surface area (Å²) in [6.45, 7) is 5.10. The fraction of sp³-hybridized carbons (Fsp3) is 0.261. The first kappa shape index (κ1) is 23.6. The van der Waals surface area contributed by atoms with E-state index in [0.29, 0.717) is 32.8 Å². The van der Waals surface area contributed by atoms with E-state index in [2.05, 4.69) is 10.5 Å². The molecule has 0 aliphatic heterocycles. The van der Waals surface area contributed by atoms with Gasteiger partial charge in [-0.3, -0.25) is 4.79 Å². The van der Waals surface area contributed by atoms with Gasteiger partial charge in [-0.25, -0.2) is 4.79 Å². The van der Waals surface area contributed by atoms with Crippen molar-refractivity contribution in [1.82, 2.24) is 10.5 Å². The first-order chi connectivity index (χ1) is 15.3. The van der Waals surface area contributed by atoms with Crippen LogP contribution in [0.2, 0.25) is 10.0 Å². The van der Waals surface area contributed by atoms with Crippen LogP contribution in [0.5, 0.6) is 5.75 Å². The lowest BCUT2D eigenvalue weighted by molar-refractivity contribution is -0.124. The maximum Gasteiger partial charge on any atom is 0.342 e. The lowest BCUT2D eigenvalue weighted by Gasteiger charge is -2.16. The zero-order valence-electron chi connectivity index (χ0n) is 17.8. The van der Waals surface area contributed by atoms with Gasteiger partial charge in [0.2, 0.25) is 0 Å². The minimum absolute atomic E-state index is 0.186. The van der Waals surface area contributed by atoms with Crippen molar-refractivity contribution in [2.75, 3.05) is 6.61 Å². The van der Waals surface area contributed by atoms with Gasteiger partial charge >= 0.3 is 5.97 Å². The summed E-state index contributed by atoms with van der Waals surface area (Å²) in [6.07, 6.45) is 0. The van der Waals surface area contributed by atoms with Crippen LogP contribution in [-0.4, -0.2) is 23.6 Å². The Labute approximate surface area is 195 Å². The van der Waals surface area contributed by atoms with Crippen molar-refractivity contribution in [2.24, 2.45) is 0 Å². The Kier molecular flexibility index (Phi) is 7.77. The van der Waals surface area contributed by atoms with Gasteiger partial charge < -0.3 is 19.3 Å². The van der Waals surface area contributed by atoms with Crippen LogP contribution in [0.15, 0.2) is 47.0 Å². The number of nitrogens with one attached hydrogen (secondary N) is 1. The molecule has 0 aliphatic carbocycles. The number of amides is 1. The number of esters is 1. The van der Waals surface area contributed by atoms with E-state index in [-0.39, 0.29) is 12.2 Å². The van der Waals surface area contributed by atoms with Crippen LogP contribution in [0, 0.1) is 13.8 Å². The molecule has 9 heteroatoms. The number of benzene rings is 2. The number of rotatable bonds is 8. The van der Waals surface area contributed by atoms with E-state index in [9.17, 15) is 9.59 Å². The van der Waals surface area contributed by atoms with Gasteiger partial charge in [0.15, 0.2) is 6.61 Å². The third-order valence-electron chi connectivity index (χ3n) is 4.80. The number of aryl methyl sites for hydroxylation is 2. The highest BCUT2D eigenvalue weighted by Gasteiger charge is 2.18. The molecule has 2 aromatic carbocycles. The first-order valence-corrected chi connectivity index (χ1v) is 10.6. The SMILES string of the molecule is Cc1noc(C)c1COc1ccccc1C(=O)OCC(=O)NC(C)c1ccc(Cl)cc1Cl. The maximum atomic E-state index is 12.6. The van der Waals surface area contributed by atoms with Gasteiger partial charge in [-0.1, -0.05) is 46.6 Å². The van der Waals surface area contributed by atoms with Crippen LogP contribution in [0.1, 0.15) is 45.9 Å². The second kappa shape index (κ2) is 10.5. The monoisotopic (exact) mass is 476 g/mol. The van der Waals surface area contributed by atoms with Crippen molar-refractivity contribution >= 4 is 35.1 Å². The Morgan fingerprint density at radius 3 is 2.59 bits per heavy atom. The summed E-state index contributed by atoms with van der Waals surface area (Å²) < 4.78 is 16.1. The number of para-hydroxylation sites is 1. The van der Waals surface area contributed by atoms with Crippen LogP contribution in [0.25, 0.3) is 0 Å². The summed E-state index contributed by atoms with van der Waals surface area (Å²) in [6, 6.07) is 11.3. The molecule has 0 saturated heterocycles. The number of ether oxygens (including phenoxy) is 2. The Morgan fingerprint density at radius 1 is 1.16 bits per heavy atom. The maximum absolute atomic E-state index is 12.6. The van der Waals surface area contributed by atoms with Crippen LogP contribution in [0.4, 0.5) is 0 Å². The highest BCUT2D eigenvalue weighted by atomic mass is 35.5. The molecule has 32 heavy (non-hydrogen) atoms. The van der Waals surface area contributed by atoms with Gasteiger partial charge in [0, 0.05) is 10.0 Å². The molecule has 0 spiro atoms. The molecule has 3 rings (SSSR count). The fourth-order valence-electron chi connectivity index (χ4n) is 3.04. The molecule has 1 aromatic heterocycles. The number of carbonyl (C=O) groups excluding carboxylic acids is 2. The van der Waals surface area contributed by atoms with E-state index in [0.717, 1.165) is 5.56 Å². The Bertz CT molecular complexity index is 1110. The van der Waals surface area contributed by atoms with Gasteiger partial charge in [0.1, 0.15) is 23.7 Å². The summed E-state index contributed by atoms with van der Waals surface area (Å²) in [4.78, 5) is 24.8. The van der Waals surface area contributed by atoms with E-state index in [4.69, 9.17) is 37.2 Å². The number of halogens is 2. The van der Waals surface area contributed by atoms with Gasteiger partial charge in [-0.2, -0.15) is 0 Å². The molecule has 0 radical (unpaired) electrons. The molecule has 168 valence electrons. The average molecular weight is 477 g/mol. The van der Waals surface area contributed by atoms with E-state index in [1.54, 1.807) is 56.3 Å². The topological polar surface area (TPSA) is 90.7 Å². The predicted molar refractivity (Wildman–Crippen MR) is 120 cm³/mol. The van der Waals surface area contributed by atoms with Crippen molar-refractivity contribution in [3.05, 3.63) is 80.7 Å². The van der Waals surface area contributed by atoms with Crippen molar-refractivity contribution in [3.8, 4) is 5.75 Å². The smallest absolute Gasteiger partial charge is 0.342 e. The quantitative estimate of drug-likeness (QED) is 0.448. The third-order valence-corrected chi connectivity index (χ3v) is 5.36. The van der Waals surface area contributed by atoms with Crippen molar-refractivity contribution in [3.63, 3.8) is 0 Å².